The van der Waals surface area contributed by atoms with Crippen LogP contribution in [0.2, 0.25) is 5.02 Å². The summed E-state index contributed by atoms with van der Waals surface area (Å²) in [7, 11) is 3.89. The number of pyridine rings is 1. The number of hydrogen-bond acceptors (Lipinski definition) is 5. The van der Waals surface area contributed by atoms with Crippen molar-refractivity contribution in [1.82, 2.24) is 15.2 Å². The van der Waals surface area contributed by atoms with Gasteiger partial charge < -0.3 is 15.6 Å². The summed E-state index contributed by atoms with van der Waals surface area (Å²) in [5.41, 5.74) is 2.54. The number of hydrazine groups is 1. The van der Waals surface area contributed by atoms with Crippen molar-refractivity contribution in [2.75, 3.05) is 26.1 Å². The van der Waals surface area contributed by atoms with Gasteiger partial charge in [-0.2, -0.15) is 0 Å². The van der Waals surface area contributed by atoms with E-state index in [9.17, 15) is 4.79 Å². The first-order valence-electron chi connectivity index (χ1n) is 5.53. The van der Waals surface area contributed by atoms with Gasteiger partial charge in [0.05, 0.1) is 5.02 Å². The number of rotatable bonds is 5. The van der Waals surface area contributed by atoms with Gasteiger partial charge in [-0.25, -0.2) is 10.8 Å². The van der Waals surface area contributed by atoms with Crippen LogP contribution in [-0.2, 0) is 0 Å². The molecule has 0 aliphatic heterocycles. The second-order valence-corrected chi connectivity index (χ2v) is 4.60. The number of aromatic nitrogens is 1. The summed E-state index contributed by atoms with van der Waals surface area (Å²) < 4.78 is 0. The molecule has 0 saturated carbocycles. The highest BCUT2D eigenvalue weighted by Gasteiger charge is 2.14. The van der Waals surface area contributed by atoms with Crippen LogP contribution < -0.4 is 16.6 Å². The van der Waals surface area contributed by atoms with Crippen molar-refractivity contribution >= 4 is 23.3 Å². The zero-order chi connectivity index (χ0) is 13.7. The zero-order valence-electron chi connectivity index (χ0n) is 10.7. The normalized spacial score (nSPS) is 12.3. The molecule has 7 heteroatoms. The molecule has 1 amide bonds. The van der Waals surface area contributed by atoms with E-state index in [4.69, 9.17) is 17.4 Å². The Morgan fingerprint density at radius 3 is 2.78 bits per heavy atom. The monoisotopic (exact) mass is 271 g/mol. The average Bonchev–Trinajstić information content (AvgIpc) is 2.35. The van der Waals surface area contributed by atoms with E-state index < -0.39 is 0 Å². The lowest BCUT2D eigenvalue weighted by Crippen LogP contribution is -2.38. The largest absolute Gasteiger partial charge is 0.349 e. The molecule has 0 bridgehead atoms. The van der Waals surface area contributed by atoms with Crippen molar-refractivity contribution in [2.24, 2.45) is 5.84 Å². The molecule has 1 atom stereocenters. The third-order valence-electron chi connectivity index (χ3n) is 2.65. The van der Waals surface area contributed by atoms with Gasteiger partial charge in [-0.1, -0.05) is 11.6 Å². The summed E-state index contributed by atoms with van der Waals surface area (Å²) in [6, 6.07) is 3.40. The van der Waals surface area contributed by atoms with Crippen LogP contribution in [-0.4, -0.2) is 42.5 Å². The first kappa shape index (κ1) is 14.7. The fourth-order valence-electron chi connectivity index (χ4n) is 1.19. The molecule has 100 valence electrons. The van der Waals surface area contributed by atoms with E-state index in [1.54, 1.807) is 12.1 Å². The molecule has 0 aliphatic rings. The molecule has 0 saturated heterocycles. The number of anilines is 1. The van der Waals surface area contributed by atoms with Crippen molar-refractivity contribution in [1.29, 1.82) is 0 Å². The number of carbonyl (C=O) groups excluding carboxylic acids is 1. The van der Waals surface area contributed by atoms with E-state index in [1.807, 2.05) is 25.9 Å². The minimum atomic E-state index is -0.314. The summed E-state index contributed by atoms with van der Waals surface area (Å²) in [5, 5.41) is 3.07. The Balaban J connectivity index is 2.72. The molecule has 1 aromatic heterocycles. The van der Waals surface area contributed by atoms with Crippen LogP contribution in [0, 0.1) is 0 Å². The van der Waals surface area contributed by atoms with E-state index >= 15 is 0 Å². The minimum Gasteiger partial charge on any atom is -0.349 e. The quantitative estimate of drug-likeness (QED) is 0.542. The molecule has 0 aromatic carbocycles. The van der Waals surface area contributed by atoms with Gasteiger partial charge in [0.15, 0.2) is 0 Å². The van der Waals surface area contributed by atoms with Crippen LogP contribution in [0.3, 0.4) is 0 Å². The summed E-state index contributed by atoms with van der Waals surface area (Å²) in [6.07, 6.45) is 0. The standard InChI is InChI=1S/C11H18ClN5O/c1-7(17(2)3)6-14-11(18)10-8(12)4-5-9(15-10)16-13/h4-5,7H,6,13H2,1-3H3,(H,14,18)(H,15,16). The Morgan fingerprint density at radius 1 is 1.56 bits per heavy atom. The Morgan fingerprint density at radius 2 is 2.22 bits per heavy atom. The number of nitrogens with two attached hydrogens (primary N) is 1. The number of nitrogens with one attached hydrogen (secondary N) is 2. The highest BCUT2D eigenvalue weighted by Crippen LogP contribution is 2.16. The first-order valence-corrected chi connectivity index (χ1v) is 5.91. The minimum absolute atomic E-state index is 0.165. The highest BCUT2D eigenvalue weighted by molar-refractivity contribution is 6.33. The fourth-order valence-corrected chi connectivity index (χ4v) is 1.38. The van der Waals surface area contributed by atoms with Crippen LogP contribution in [0.15, 0.2) is 12.1 Å². The lowest BCUT2D eigenvalue weighted by Gasteiger charge is -2.20. The Bertz CT molecular complexity index is 424. The Kier molecular flexibility index (Phi) is 5.33. The maximum atomic E-state index is 11.9. The first-order chi connectivity index (χ1) is 8.45. The SMILES string of the molecule is CC(CNC(=O)c1nc(NN)ccc1Cl)N(C)C. The summed E-state index contributed by atoms with van der Waals surface area (Å²) in [5.74, 6) is 5.32. The van der Waals surface area contributed by atoms with Crippen molar-refractivity contribution in [2.45, 2.75) is 13.0 Å². The van der Waals surface area contributed by atoms with Crippen molar-refractivity contribution in [3.05, 3.63) is 22.8 Å². The van der Waals surface area contributed by atoms with E-state index in [1.165, 1.54) is 0 Å². The lowest BCUT2D eigenvalue weighted by molar-refractivity contribution is 0.0939. The second kappa shape index (κ2) is 6.53. The fraction of sp³-hybridized carbons (Fsp3) is 0.455. The third-order valence-corrected chi connectivity index (χ3v) is 2.95. The Labute approximate surface area is 111 Å². The molecule has 0 radical (unpaired) electrons. The van der Waals surface area contributed by atoms with E-state index in [0.29, 0.717) is 17.4 Å². The third kappa shape index (κ3) is 3.83. The van der Waals surface area contributed by atoms with Gasteiger partial charge in [0.25, 0.3) is 5.91 Å². The van der Waals surface area contributed by atoms with Crippen LogP contribution in [0.4, 0.5) is 5.82 Å². The van der Waals surface area contributed by atoms with Gasteiger partial charge >= 0.3 is 0 Å². The van der Waals surface area contributed by atoms with Crippen LogP contribution >= 0.6 is 11.6 Å². The van der Waals surface area contributed by atoms with E-state index in [-0.39, 0.29) is 17.6 Å². The van der Waals surface area contributed by atoms with Crippen molar-refractivity contribution in [3.8, 4) is 0 Å². The van der Waals surface area contributed by atoms with Gasteiger partial charge in [-0.3, -0.25) is 4.79 Å². The molecular formula is C11H18ClN5O. The Hall–Kier alpha value is -1.37. The van der Waals surface area contributed by atoms with Crippen LogP contribution in [0.5, 0.6) is 0 Å². The number of nitrogens with zero attached hydrogens (tertiary/aromatic N) is 2. The van der Waals surface area contributed by atoms with Crippen molar-refractivity contribution in [3.63, 3.8) is 0 Å². The summed E-state index contributed by atoms with van der Waals surface area (Å²) in [6.45, 7) is 2.53. The molecule has 1 unspecified atom stereocenters. The number of hydrogen-bond donors (Lipinski definition) is 3. The molecule has 4 N–H and O–H groups in total. The van der Waals surface area contributed by atoms with Gasteiger partial charge in [0, 0.05) is 12.6 Å². The molecule has 1 heterocycles. The molecule has 1 aromatic rings. The van der Waals surface area contributed by atoms with Gasteiger partial charge in [-0.05, 0) is 33.2 Å². The highest BCUT2D eigenvalue weighted by atomic mass is 35.5. The predicted octanol–water partition coefficient (Wildman–Crippen LogP) is 0.701. The van der Waals surface area contributed by atoms with Gasteiger partial charge in [0.2, 0.25) is 0 Å². The van der Waals surface area contributed by atoms with Gasteiger partial charge in [-0.15, -0.1) is 0 Å². The second-order valence-electron chi connectivity index (χ2n) is 4.19. The maximum absolute atomic E-state index is 11.9. The smallest absolute Gasteiger partial charge is 0.271 e. The van der Waals surface area contributed by atoms with Crippen LogP contribution in [0.25, 0.3) is 0 Å². The molecule has 1 rings (SSSR count). The van der Waals surface area contributed by atoms with E-state index in [2.05, 4.69) is 15.7 Å². The number of halogens is 1. The maximum Gasteiger partial charge on any atom is 0.271 e. The predicted molar refractivity (Wildman–Crippen MR) is 72.5 cm³/mol. The molecule has 0 aliphatic carbocycles. The van der Waals surface area contributed by atoms with Crippen LogP contribution in [0.1, 0.15) is 17.4 Å². The van der Waals surface area contributed by atoms with E-state index in [0.717, 1.165) is 0 Å². The van der Waals surface area contributed by atoms with Crippen molar-refractivity contribution < 1.29 is 4.79 Å². The molecule has 6 nitrogen and oxygen atoms in total. The molecular weight excluding hydrogens is 254 g/mol. The summed E-state index contributed by atoms with van der Waals surface area (Å²) >= 11 is 5.92. The number of likely N-dealkylation sites (N-methyl/N-ethyl adjacent to an activating group) is 1. The number of amides is 1. The van der Waals surface area contributed by atoms with Gasteiger partial charge in [0.1, 0.15) is 11.5 Å². The zero-order valence-corrected chi connectivity index (χ0v) is 11.5. The topological polar surface area (TPSA) is 83.3 Å². The number of carbonyl (C=O) groups is 1. The molecule has 18 heavy (non-hydrogen) atoms. The number of nitrogen functional groups attached to an aromatic ring is 1. The lowest BCUT2D eigenvalue weighted by atomic mass is 10.3. The molecule has 0 fully saturated rings. The average molecular weight is 272 g/mol. The molecule has 0 spiro atoms. The summed E-state index contributed by atoms with van der Waals surface area (Å²) in [4.78, 5) is 17.9.